The Morgan fingerprint density at radius 1 is 1.03 bits per heavy atom. The highest BCUT2D eigenvalue weighted by Gasteiger charge is 2.31. The van der Waals surface area contributed by atoms with Gasteiger partial charge in [0.15, 0.2) is 0 Å². The van der Waals surface area contributed by atoms with Gasteiger partial charge in [0.05, 0.1) is 6.04 Å². The Labute approximate surface area is 172 Å². The van der Waals surface area contributed by atoms with Crippen LogP contribution in [-0.4, -0.2) is 33.7 Å². The standard InChI is InChI=1S/C24H28N4O/c1-18-15-19(2)17-21(16-18)26-24(29)23(20-7-4-3-5-8-20)27-13-9-22(10-14-27)28-12-6-11-25-28/h3-8,11-12,15-17,22-23H,9-10,13-14H2,1-2H3,(H,26,29). The summed E-state index contributed by atoms with van der Waals surface area (Å²) in [4.78, 5) is 15.7. The van der Waals surface area contributed by atoms with Gasteiger partial charge in [0.1, 0.15) is 6.04 Å². The number of amides is 1. The molecule has 1 aliphatic heterocycles. The van der Waals surface area contributed by atoms with Crippen LogP contribution in [0.2, 0.25) is 0 Å². The summed E-state index contributed by atoms with van der Waals surface area (Å²) in [6.45, 7) is 5.84. The number of nitrogens with zero attached hydrogens (tertiary/aromatic N) is 3. The van der Waals surface area contributed by atoms with Crippen LogP contribution in [0.4, 0.5) is 5.69 Å². The van der Waals surface area contributed by atoms with Gasteiger partial charge >= 0.3 is 0 Å². The lowest BCUT2D eigenvalue weighted by molar-refractivity contribution is -0.122. The second-order valence-electron chi connectivity index (χ2n) is 7.93. The zero-order chi connectivity index (χ0) is 20.2. The number of hydrogen-bond donors (Lipinski definition) is 1. The Bertz CT molecular complexity index is 924. The van der Waals surface area contributed by atoms with Crippen molar-refractivity contribution in [1.82, 2.24) is 14.7 Å². The van der Waals surface area contributed by atoms with Crippen molar-refractivity contribution in [1.29, 1.82) is 0 Å². The number of aromatic nitrogens is 2. The fraction of sp³-hybridized carbons (Fsp3) is 0.333. The van der Waals surface area contributed by atoms with E-state index < -0.39 is 0 Å². The summed E-state index contributed by atoms with van der Waals surface area (Å²) in [5.41, 5.74) is 4.19. The molecule has 2 aromatic carbocycles. The molecule has 1 aromatic heterocycles. The van der Waals surface area contributed by atoms with Crippen molar-refractivity contribution in [2.75, 3.05) is 18.4 Å². The van der Waals surface area contributed by atoms with Crippen LogP contribution in [0.1, 0.15) is 41.6 Å². The van der Waals surface area contributed by atoms with Gasteiger partial charge in [-0.3, -0.25) is 14.4 Å². The summed E-state index contributed by atoms with van der Waals surface area (Å²) in [5.74, 6) is 0.0266. The van der Waals surface area contributed by atoms with E-state index >= 15 is 0 Å². The Kier molecular flexibility index (Phi) is 5.76. The Morgan fingerprint density at radius 3 is 2.34 bits per heavy atom. The lowest BCUT2D eigenvalue weighted by Gasteiger charge is -2.37. The van der Waals surface area contributed by atoms with Gasteiger partial charge in [-0.2, -0.15) is 5.10 Å². The zero-order valence-corrected chi connectivity index (χ0v) is 17.1. The van der Waals surface area contributed by atoms with E-state index in [9.17, 15) is 4.79 Å². The summed E-state index contributed by atoms with van der Waals surface area (Å²) < 4.78 is 2.05. The van der Waals surface area contributed by atoms with Crippen molar-refractivity contribution in [3.8, 4) is 0 Å². The highest BCUT2D eigenvalue weighted by atomic mass is 16.2. The van der Waals surface area contributed by atoms with Gasteiger partial charge in [0.25, 0.3) is 0 Å². The van der Waals surface area contributed by atoms with Crippen LogP contribution in [0.5, 0.6) is 0 Å². The normalized spacial score (nSPS) is 16.5. The first-order valence-corrected chi connectivity index (χ1v) is 10.3. The van der Waals surface area contributed by atoms with Crippen molar-refractivity contribution in [2.45, 2.75) is 38.8 Å². The van der Waals surface area contributed by atoms with E-state index in [0.717, 1.165) is 48.3 Å². The van der Waals surface area contributed by atoms with Gasteiger partial charge in [-0.25, -0.2) is 0 Å². The maximum Gasteiger partial charge on any atom is 0.246 e. The quantitative estimate of drug-likeness (QED) is 0.699. The minimum Gasteiger partial charge on any atom is -0.324 e. The Morgan fingerprint density at radius 2 is 1.72 bits per heavy atom. The number of hydrogen-bond acceptors (Lipinski definition) is 3. The third kappa shape index (κ3) is 4.57. The molecule has 150 valence electrons. The smallest absolute Gasteiger partial charge is 0.246 e. The van der Waals surface area contributed by atoms with E-state index in [0.29, 0.717) is 6.04 Å². The third-order valence-electron chi connectivity index (χ3n) is 5.62. The fourth-order valence-electron chi connectivity index (χ4n) is 4.33. The highest BCUT2D eigenvalue weighted by molar-refractivity contribution is 5.95. The summed E-state index contributed by atoms with van der Waals surface area (Å²) in [7, 11) is 0. The van der Waals surface area contributed by atoms with Crippen molar-refractivity contribution in [2.24, 2.45) is 0 Å². The monoisotopic (exact) mass is 388 g/mol. The summed E-state index contributed by atoms with van der Waals surface area (Å²) >= 11 is 0. The van der Waals surface area contributed by atoms with E-state index in [4.69, 9.17) is 0 Å². The first-order chi connectivity index (χ1) is 14.1. The molecular weight excluding hydrogens is 360 g/mol. The minimum atomic E-state index is -0.296. The van der Waals surface area contributed by atoms with Gasteiger partial charge in [0, 0.05) is 31.2 Å². The molecule has 0 saturated carbocycles. The molecule has 0 spiro atoms. The van der Waals surface area contributed by atoms with Crippen molar-refractivity contribution >= 4 is 11.6 Å². The maximum absolute atomic E-state index is 13.4. The zero-order valence-electron chi connectivity index (χ0n) is 17.1. The molecule has 0 radical (unpaired) electrons. The largest absolute Gasteiger partial charge is 0.324 e. The van der Waals surface area contributed by atoms with E-state index in [2.05, 4.69) is 35.2 Å². The molecule has 1 N–H and O–H groups in total. The molecule has 1 aliphatic rings. The number of aryl methyl sites for hydroxylation is 2. The second kappa shape index (κ2) is 8.62. The molecule has 5 nitrogen and oxygen atoms in total. The van der Waals surface area contributed by atoms with Crippen molar-refractivity contribution in [3.63, 3.8) is 0 Å². The molecule has 1 atom stereocenters. The van der Waals surface area contributed by atoms with Crippen LogP contribution in [-0.2, 0) is 4.79 Å². The van der Waals surface area contributed by atoms with Crippen LogP contribution >= 0.6 is 0 Å². The number of carbonyl (C=O) groups is 1. The molecule has 1 fully saturated rings. The second-order valence-corrected chi connectivity index (χ2v) is 7.93. The molecule has 1 saturated heterocycles. The first-order valence-electron chi connectivity index (χ1n) is 10.3. The molecule has 1 amide bonds. The van der Waals surface area contributed by atoms with Crippen molar-refractivity contribution in [3.05, 3.63) is 83.7 Å². The predicted molar refractivity (Wildman–Crippen MR) is 116 cm³/mol. The van der Waals surface area contributed by atoms with Crippen LogP contribution in [0.25, 0.3) is 0 Å². The minimum absolute atomic E-state index is 0.0266. The average Bonchev–Trinajstić information content (AvgIpc) is 3.23. The highest BCUT2D eigenvalue weighted by Crippen LogP contribution is 2.30. The predicted octanol–water partition coefficient (Wildman–Crippen LogP) is 4.52. The van der Waals surface area contributed by atoms with Gasteiger partial charge in [-0.1, -0.05) is 36.4 Å². The summed E-state index contributed by atoms with van der Waals surface area (Å²) in [5, 5.41) is 7.55. The molecule has 0 aliphatic carbocycles. The molecule has 29 heavy (non-hydrogen) atoms. The number of anilines is 1. The van der Waals surface area contributed by atoms with Crippen LogP contribution in [0.3, 0.4) is 0 Å². The number of piperidine rings is 1. The van der Waals surface area contributed by atoms with Crippen LogP contribution < -0.4 is 5.32 Å². The molecule has 2 heterocycles. The molecule has 4 rings (SSSR count). The van der Waals surface area contributed by atoms with E-state index in [1.165, 1.54) is 0 Å². The van der Waals surface area contributed by atoms with Gasteiger partial charge in [-0.05, 0) is 61.6 Å². The Hall–Kier alpha value is -2.92. The number of likely N-dealkylation sites (tertiary alicyclic amines) is 1. The van der Waals surface area contributed by atoms with E-state index in [1.807, 2.05) is 65.6 Å². The number of benzene rings is 2. The van der Waals surface area contributed by atoms with Gasteiger partial charge in [-0.15, -0.1) is 0 Å². The summed E-state index contributed by atoms with van der Waals surface area (Å²) in [6, 6.07) is 18.3. The number of nitrogens with one attached hydrogen (secondary N) is 1. The molecule has 3 aromatic rings. The van der Waals surface area contributed by atoms with Gasteiger partial charge in [0.2, 0.25) is 5.91 Å². The topological polar surface area (TPSA) is 50.2 Å². The lowest BCUT2D eigenvalue weighted by atomic mass is 9.98. The first kappa shape index (κ1) is 19.4. The number of carbonyl (C=O) groups excluding carboxylic acids is 1. The van der Waals surface area contributed by atoms with E-state index in [-0.39, 0.29) is 11.9 Å². The summed E-state index contributed by atoms with van der Waals surface area (Å²) in [6.07, 6.45) is 5.84. The lowest BCUT2D eigenvalue weighted by Crippen LogP contribution is -2.42. The third-order valence-corrected chi connectivity index (χ3v) is 5.62. The fourth-order valence-corrected chi connectivity index (χ4v) is 4.33. The molecular formula is C24H28N4O. The van der Waals surface area contributed by atoms with E-state index in [1.54, 1.807) is 0 Å². The average molecular weight is 389 g/mol. The SMILES string of the molecule is Cc1cc(C)cc(NC(=O)C(c2ccccc2)N2CCC(n3cccn3)CC2)c1. The number of rotatable bonds is 5. The molecule has 5 heteroatoms. The Balaban J connectivity index is 1.53. The molecule has 0 bridgehead atoms. The maximum atomic E-state index is 13.4. The van der Waals surface area contributed by atoms with Crippen LogP contribution in [0, 0.1) is 13.8 Å². The van der Waals surface area contributed by atoms with Crippen molar-refractivity contribution < 1.29 is 4.79 Å². The van der Waals surface area contributed by atoms with Crippen LogP contribution in [0.15, 0.2) is 67.0 Å². The van der Waals surface area contributed by atoms with Gasteiger partial charge < -0.3 is 5.32 Å². The molecule has 1 unspecified atom stereocenters.